The molecule has 2 atom stereocenters. The van der Waals surface area contributed by atoms with Gasteiger partial charge in [0.2, 0.25) is 0 Å². The van der Waals surface area contributed by atoms with Crippen molar-refractivity contribution in [3.8, 4) is 0 Å². The summed E-state index contributed by atoms with van der Waals surface area (Å²) in [5, 5.41) is 8.64. The summed E-state index contributed by atoms with van der Waals surface area (Å²) in [5.41, 5.74) is 13.7. The van der Waals surface area contributed by atoms with Crippen molar-refractivity contribution in [3.05, 3.63) is 60.7 Å². The fraction of sp³-hybridized carbons (Fsp3) is 0.300. The van der Waals surface area contributed by atoms with Crippen LogP contribution in [-0.4, -0.2) is 23.8 Å². The zero-order chi connectivity index (χ0) is 18.8. The zero-order valence-corrected chi connectivity index (χ0v) is 17.7. The monoisotopic (exact) mass is 422 g/mol. The van der Waals surface area contributed by atoms with E-state index in [0.29, 0.717) is 24.5 Å². The zero-order valence-electron chi connectivity index (χ0n) is 16.1. The van der Waals surface area contributed by atoms with E-state index in [4.69, 9.17) is 11.5 Å². The van der Waals surface area contributed by atoms with Gasteiger partial charge in [-0.2, -0.15) is 10.2 Å². The van der Waals surface area contributed by atoms with Crippen molar-refractivity contribution in [2.75, 3.05) is 0 Å². The van der Waals surface area contributed by atoms with Gasteiger partial charge < -0.3 is 11.5 Å². The Bertz CT molecular complexity index is 697. The van der Waals surface area contributed by atoms with Crippen molar-refractivity contribution in [2.45, 2.75) is 38.8 Å². The molecule has 0 aliphatic rings. The van der Waals surface area contributed by atoms with Crippen molar-refractivity contribution in [1.82, 2.24) is 0 Å². The molecular formula is C20H28Cl2N6. The van der Waals surface area contributed by atoms with Crippen molar-refractivity contribution >= 4 is 47.9 Å². The fourth-order valence-electron chi connectivity index (χ4n) is 2.34. The van der Waals surface area contributed by atoms with Crippen LogP contribution in [0, 0.1) is 0 Å². The Balaban J connectivity index is 0.00000364. The first-order valence-corrected chi connectivity index (χ1v) is 8.69. The maximum atomic E-state index is 5.99. The highest BCUT2D eigenvalue weighted by Crippen LogP contribution is 2.12. The molecule has 0 saturated carbocycles. The molecule has 28 heavy (non-hydrogen) atoms. The quantitative estimate of drug-likeness (QED) is 0.346. The third-order valence-corrected chi connectivity index (χ3v) is 3.53. The Labute approximate surface area is 179 Å². The van der Waals surface area contributed by atoms with Gasteiger partial charge in [-0.25, -0.2) is 9.98 Å². The van der Waals surface area contributed by atoms with E-state index < -0.39 is 0 Å². The van der Waals surface area contributed by atoms with Crippen LogP contribution in [0.5, 0.6) is 0 Å². The second-order valence-corrected chi connectivity index (χ2v) is 6.21. The first-order valence-electron chi connectivity index (χ1n) is 8.69. The SMILES string of the molecule is CC(CC(N)=Nc1ccccc1)N=NC(C)CC(N)=Nc1ccccc1.Cl.Cl. The summed E-state index contributed by atoms with van der Waals surface area (Å²) in [4.78, 5) is 8.75. The van der Waals surface area contributed by atoms with Crippen LogP contribution in [0.1, 0.15) is 26.7 Å². The third kappa shape index (κ3) is 10.0. The van der Waals surface area contributed by atoms with Gasteiger partial charge in [0.25, 0.3) is 0 Å². The maximum Gasteiger partial charge on any atom is 0.102 e. The number of rotatable bonds is 8. The van der Waals surface area contributed by atoms with Gasteiger partial charge in [0.05, 0.1) is 23.5 Å². The van der Waals surface area contributed by atoms with Gasteiger partial charge in [0.15, 0.2) is 0 Å². The largest absolute Gasteiger partial charge is 0.387 e. The average molecular weight is 423 g/mol. The molecule has 0 aromatic heterocycles. The van der Waals surface area contributed by atoms with Gasteiger partial charge in [-0.15, -0.1) is 24.8 Å². The second-order valence-electron chi connectivity index (χ2n) is 6.21. The van der Waals surface area contributed by atoms with Crippen LogP contribution >= 0.6 is 24.8 Å². The lowest BCUT2D eigenvalue weighted by atomic mass is 10.2. The molecule has 2 aromatic rings. The van der Waals surface area contributed by atoms with E-state index in [-0.39, 0.29) is 36.9 Å². The van der Waals surface area contributed by atoms with E-state index in [1.165, 1.54) is 0 Å². The number of para-hydroxylation sites is 2. The number of azo groups is 1. The number of nitrogens with two attached hydrogens (primary N) is 2. The van der Waals surface area contributed by atoms with Crippen molar-refractivity contribution < 1.29 is 0 Å². The third-order valence-electron chi connectivity index (χ3n) is 3.53. The summed E-state index contributed by atoms with van der Waals surface area (Å²) >= 11 is 0. The lowest BCUT2D eigenvalue weighted by Crippen LogP contribution is -2.19. The molecule has 0 fully saturated rings. The smallest absolute Gasteiger partial charge is 0.102 e. The molecular weight excluding hydrogens is 395 g/mol. The van der Waals surface area contributed by atoms with E-state index >= 15 is 0 Å². The van der Waals surface area contributed by atoms with Gasteiger partial charge in [-0.05, 0) is 38.1 Å². The molecule has 0 aliphatic heterocycles. The lowest BCUT2D eigenvalue weighted by molar-refractivity contribution is 0.638. The molecule has 6 nitrogen and oxygen atoms in total. The van der Waals surface area contributed by atoms with E-state index in [0.717, 1.165) is 11.4 Å². The Morgan fingerprint density at radius 2 is 1.00 bits per heavy atom. The molecule has 0 saturated heterocycles. The number of hydrogen-bond donors (Lipinski definition) is 2. The summed E-state index contributed by atoms with van der Waals surface area (Å²) in [6, 6.07) is 19.2. The van der Waals surface area contributed by atoms with Crippen LogP contribution in [0.3, 0.4) is 0 Å². The minimum absolute atomic E-state index is 0. The summed E-state index contributed by atoms with van der Waals surface area (Å²) in [6.45, 7) is 3.93. The highest BCUT2D eigenvalue weighted by atomic mass is 35.5. The number of amidine groups is 2. The minimum atomic E-state index is -0.0443. The van der Waals surface area contributed by atoms with E-state index in [1.807, 2.05) is 74.5 Å². The number of benzene rings is 2. The number of halogens is 2. The molecule has 2 aromatic carbocycles. The summed E-state index contributed by atoms with van der Waals surface area (Å²) in [7, 11) is 0. The molecule has 2 unspecified atom stereocenters. The summed E-state index contributed by atoms with van der Waals surface area (Å²) < 4.78 is 0. The predicted octanol–water partition coefficient (Wildman–Crippen LogP) is 5.22. The number of aliphatic imine (C=N–C) groups is 2. The number of hydrogen-bond acceptors (Lipinski definition) is 4. The van der Waals surface area contributed by atoms with Gasteiger partial charge in [-0.3, -0.25) is 0 Å². The topological polar surface area (TPSA) is 101 Å². The van der Waals surface area contributed by atoms with E-state index in [1.54, 1.807) is 0 Å². The molecule has 0 radical (unpaired) electrons. The summed E-state index contributed by atoms with van der Waals surface area (Å²) in [5.74, 6) is 1.08. The average Bonchev–Trinajstić information content (AvgIpc) is 2.61. The van der Waals surface area contributed by atoms with Crippen LogP contribution in [0.15, 0.2) is 80.9 Å². The van der Waals surface area contributed by atoms with E-state index in [2.05, 4.69) is 20.2 Å². The Morgan fingerprint density at radius 1 is 0.679 bits per heavy atom. The molecule has 0 amide bonds. The van der Waals surface area contributed by atoms with Crippen LogP contribution in [0.4, 0.5) is 11.4 Å². The van der Waals surface area contributed by atoms with E-state index in [9.17, 15) is 0 Å². The highest BCUT2D eigenvalue weighted by Gasteiger charge is 2.06. The first-order chi connectivity index (χ1) is 12.5. The van der Waals surface area contributed by atoms with Crippen molar-refractivity contribution in [3.63, 3.8) is 0 Å². The molecule has 0 aliphatic carbocycles. The fourth-order valence-corrected chi connectivity index (χ4v) is 2.34. The first kappa shape index (κ1) is 25.6. The molecule has 0 spiro atoms. The highest BCUT2D eigenvalue weighted by molar-refractivity contribution is 5.86. The van der Waals surface area contributed by atoms with Gasteiger partial charge in [0.1, 0.15) is 11.7 Å². The lowest BCUT2D eigenvalue weighted by Gasteiger charge is -2.08. The number of nitrogens with zero attached hydrogens (tertiary/aromatic N) is 4. The Hall–Kier alpha value is -2.44. The Morgan fingerprint density at radius 3 is 1.32 bits per heavy atom. The van der Waals surface area contributed by atoms with Gasteiger partial charge in [0, 0.05) is 12.8 Å². The molecule has 8 heteroatoms. The molecule has 0 bridgehead atoms. The maximum absolute atomic E-state index is 5.99. The van der Waals surface area contributed by atoms with Crippen LogP contribution in [0.25, 0.3) is 0 Å². The van der Waals surface area contributed by atoms with Crippen molar-refractivity contribution in [1.29, 1.82) is 0 Å². The Kier molecular flexibility index (Phi) is 12.5. The van der Waals surface area contributed by atoms with Gasteiger partial charge >= 0.3 is 0 Å². The minimum Gasteiger partial charge on any atom is -0.387 e. The van der Waals surface area contributed by atoms with Crippen LogP contribution < -0.4 is 11.5 Å². The molecule has 152 valence electrons. The summed E-state index contributed by atoms with van der Waals surface area (Å²) in [6.07, 6.45) is 1.11. The van der Waals surface area contributed by atoms with Gasteiger partial charge in [-0.1, -0.05) is 36.4 Å². The second kappa shape index (κ2) is 13.7. The normalized spacial score (nSPS) is 14.1. The van der Waals surface area contributed by atoms with Crippen LogP contribution in [-0.2, 0) is 0 Å². The van der Waals surface area contributed by atoms with Crippen LogP contribution in [0.2, 0.25) is 0 Å². The predicted molar refractivity (Wildman–Crippen MR) is 123 cm³/mol. The van der Waals surface area contributed by atoms with Crippen molar-refractivity contribution in [2.24, 2.45) is 31.7 Å². The molecule has 4 N–H and O–H groups in total. The molecule has 0 heterocycles. The molecule has 2 rings (SSSR count). The standard InChI is InChI=1S/C20H26N6.2ClH/c1-15(13-19(21)23-17-9-5-3-6-10-17)25-26-16(2)14-20(22)24-18-11-7-4-8-12-18;;/h3-12,15-16H,13-14H2,1-2H3,(H2,21,23)(H2,22,24);2*1H.